The Morgan fingerprint density at radius 1 is 1.19 bits per heavy atom. The van der Waals surface area contributed by atoms with E-state index < -0.39 is 0 Å². The smallest absolute Gasteiger partial charge is 0.118 e. The van der Waals surface area contributed by atoms with Gasteiger partial charge in [0.2, 0.25) is 0 Å². The molecule has 0 bridgehead atoms. The largest absolute Gasteiger partial charge is 0.497 e. The van der Waals surface area contributed by atoms with Gasteiger partial charge >= 0.3 is 0 Å². The first-order valence-corrected chi connectivity index (χ1v) is 9.31. The minimum atomic E-state index is -0.326. The summed E-state index contributed by atoms with van der Waals surface area (Å²) in [4.78, 5) is 4.12. The number of allylic oxidation sites excluding steroid dienone is 1. The minimum absolute atomic E-state index is 0.294. The van der Waals surface area contributed by atoms with Crippen LogP contribution >= 0.6 is 0 Å². The van der Waals surface area contributed by atoms with E-state index in [1.54, 1.807) is 20.4 Å². The molecule has 0 spiro atoms. The van der Waals surface area contributed by atoms with Crippen molar-refractivity contribution >= 4 is 0 Å². The quantitative estimate of drug-likeness (QED) is 0.661. The first-order chi connectivity index (χ1) is 13.1. The Labute approximate surface area is 161 Å². The molecule has 27 heavy (non-hydrogen) atoms. The average Bonchev–Trinajstić information content (AvgIpc) is 3.25. The van der Waals surface area contributed by atoms with Crippen molar-refractivity contribution in [3.8, 4) is 5.75 Å². The Balaban J connectivity index is 1.65. The lowest BCUT2D eigenvalue weighted by molar-refractivity contribution is -0.0228. The fourth-order valence-corrected chi connectivity index (χ4v) is 3.22. The number of rotatable bonds is 9. The Kier molecular flexibility index (Phi) is 6.35. The first-order valence-electron chi connectivity index (χ1n) is 9.31. The van der Waals surface area contributed by atoms with E-state index in [9.17, 15) is 0 Å². The highest BCUT2D eigenvalue weighted by Crippen LogP contribution is 2.31. The summed E-state index contributed by atoms with van der Waals surface area (Å²) in [6.07, 6.45) is 13.6. The molecule has 0 aliphatic heterocycles. The molecule has 5 heteroatoms. The van der Waals surface area contributed by atoms with Crippen LogP contribution in [0, 0.1) is 0 Å². The van der Waals surface area contributed by atoms with Gasteiger partial charge in [0.05, 0.1) is 32.8 Å². The SMILES string of the molecule is COC1=CCC(CCn2ccnc2)(OCC(C)c2ccc(OC)cc2)C=C1. The molecule has 1 aliphatic carbocycles. The van der Waals surface area contributed by atoms with Gasteiger partial charge in [-0.2, -0.15) is 0 Å². The first kappa shape index (κ1) is 19.2. The number of ether oxygens (including phenoxy) is 3. The predicted molar refractivity (Wildman–Crippen MR) is 106 cm³/mol. The second-order valence-electron chi connectivity index (χ2n) is 6.95. The second-order valence-corrected chi connectivity index (χ2v) is 6.95. The normalized spacial score (nSPS) is 20.2. The number of aromatic nitrogens is 2. The van der Waals surface area contributed by atoms with Gasteiger partial charge in [-0.1, -0.05) is 19.1 Å². The molecular formula is C22H28N2O3. The van der Waals surface area contributed by atoms with Crippen molar-refractivity contribution in [1.29, 1.82) is 0 Å². The Bertz CT molecular complexity index is 765. The highest BCUT2D eigenvalue weighted by molar-refractivity contribution is 5.29. The monoisotopic (exact) mass is 368 g/mol. The molecule has 1 aromatic heterocycles. The maximum absolute atomic E-state index is 6.48. The molecule has 144 valence electrons. The van der Waals surface area contributed by atoms with Crippen molar-refractivity contribution in [2.45, 2.75) is 37.8 Å². The van der Waals surface area contributed by atoms with Gasteiger partial charge in [0.25, 0.3) is 0 Å². The lowest BCUT2D eigenvalue weighted by Gasteiger charge is -2.33. The maximum Gasteiger partial charge on any atom is 0.118 e. The summed E-state index contributed by atoms with van der Waals surface area (Å²) in [5.74, 6) is 2.05. The number of hydrogen-bond acceptors (Lipinski definition) is 4. The highest BCUT2D eigenvalue weighted by Gasteiger charge is 2.30. The molecule has 5 nitrogen and oxygen atoms in total. The molecule has 0 saturated carbocycles. The van der Waals surface area contributed by atoms with Crippen LogP contribution in [-0.2, 0) is 16.0 Å². The number of hydrogen-bond donors (Lipinski definition) is 0. The molecular weight excluding hydrogens is 340 g/mol. The van der Waals surface area contributed by atoms with Gasteiger partial charge < -0.3 is 18.8 Å². The fourth-order valence-electron chi connectivity index (χ4n) is 3.22. The Morgan fingerprint density at radius 2 is 2.00 bits per heavy atom. The zero-order valence-electron chi connectivity index (χ0n) is 16.3. The lowest BCUT2D eigenvalue weighted by Crippen LogP contribution is -2.34. The third-order valence-electron chi connectivity index (χ3n) is 5.09. The topological polar surface area (TPSA) is 45.5 Å². The standard InChI is InChI=1S/C22H28N2O3/c1-18(19-4-6-20(25-2)7-5-19)16-27-22(10-8-21(26-3)9-11-22)12-14-24-15-13-23-17-24/h4-10,13,15,17-18H,11-12,14,16H2,1-3H3. The summed E-state index contributed by atoms with van der Waals surface area (Å²) < 4.78 is 19.2. The van der Waals surface area contributed by atoms with Gasteiger partial charge in [-0.05, 0) is 42.3 Å². The van der Waals surface area contributed by atoms with E-state index in [4.69, 9.17) is 14.2 Å². The number of nitrogens with zero attached hydrogens (tertiary/aromatic N) is 2. The van der Waals surface area contributed by atoms with E-state index in [-0.39, 0.29) is 5.60 Å². The summed E-state index contributed by atoms with van der Waals surface area (Å²) in [5, 5.41) is 0. The van der Waals surface area contributed by atoms with Crippen molar-refractivity contribution < 1.29 is 14.2 Å². The summed E-state index contributed by atoms with van der Waals surface area (Å²) in [6.45, 7) is 3.70. The molecule has 1 aromatic carbocycles. The van der Waals surface area contributed by atoms with Crippen molar-refractivity contribution in [3.63, 3.8) is 0 Å². The van der Waals surface area contributed by atoms with E-state index in [1.807, 2.05) is 30.7 Å². The summed E-state index contributed by atoms with van der Waals surface area (Å²) >= 11 is 0. The van der Waals surface area contributed by atoms with Crippen LogP contribution in [0.4, 0.5) is 0 Å². The van der Waals surface area contributed by atoms with E-state index in [0.29, 0.717) is 12.5 Å². The van der Waals surface area contributed by atoms with Gasteiger partial charge in [0, 0.05) is 31.3 Å². The molecule has 0 N–H and O–H groups in total. The van der Waals surface area contributed by atoms with Crippen LogP contribution in [0.5, 0.6) is 5.75 Å². The fraction of sp³-hybridized carbons (Fsp3) is 0.409. The van der Waals surface area contributed by atoms with E-state index in [0.717, 1.165) is 30.9 Å². The Morgan fingerprint density at radius 3 is 2.59 bits per heavy atom. The van der Waals surface area contributed by atoms with Gasteiger partial charge in [0.1, 0.15) is 11.5 Å². The molecule has 0 radical (unpaired) electrons. The molecule has 2 atom stereocenters. The van der Waals surface area contributed by atoms with Crippen LogP contribution in [0.2, 0.25) is 0 Å². The summed E-state index contributed by atoms with van der Waals surface area (Å²) in [5.41, 5.74) is 0.918. The molecule has 0 fully saturated rings. The van der Waals surface area contributed by atoms with Gasteiger partial charge in [-0.25, -0.2) is 4.98 Å². The van der Waals surface area contributed by atoms with Crippen molar-refractivity contribution in [2.75, 3.05) is 20.8 Å². The molecule has 2 aromatic rings. The summed E-state index contributed by atoms with van der Waals surface area (Å²) in [7, 11) is 3.38. The lowest BCUT2D eigenvalue weighted by atomic mass is 9.90. The summed E-state index contributed by atoms with van der Waals surface area (Å²) in [6, 6.07) is 8.19. The van der Waals surface area contributed by atoms with Crippen LogP contribution < -0.4 is 4.74 Å². The molecule has 1 aliphatic rings. The predicted octanol–water partition coefficient (Wildman–Crippen LogP) is 4.33. The number of imidazole rings is 1. The van der Waals surface area contributed by atoms with E-state index in [1.165, 1.54) is 5.56 Å². The number of aryl methyl sites for hydroxylation is 1. The van der Waals surface area contributed by atoms with Gasteiger partial charge in [0.15, 0.2) is 0 Å². The average molecular weight is 368 g/mol. The van der Waals surface area contributed by atoms with E-state index >= 15 is 0 Å². The third kappa shape index (κ3) is 5.01. The molecule has 2 unspecified atom stereocenters. The molecule has 0 saturated heterocycles. The van der Waals surface area contributed by atoms with Gasteiger partial charge in [-0.15, -0.1) is 0 Å². The van der Waals surface area contributed by atoms with Crippen LogP contribution in [0.15, 0.2) is 67.0 Å². The minimum Gasteiger partial charge on any atom is -0.497 e. The highest BCUT2D eigenvalue weighted by atomic mass is 16.5. The third-order valence-corrected chi connectivity index (χ3v) is 5.09. The molecule has 0 amide bonds. The molecule has 3 rings (SSSR count). The van der Waals surface area contributed by atoms with E-state index in [2.05, 4.69) is 40.8 Å². The van der Waals surface area contributed by atoms with Crippen molar-refractivity contribution in [3.05, 3.63) is 72.5 Å². The second kappa shape index (κ2) is 8.91. The van der Waals surface area contributed by atoms with Crippen LogP contribution in [0.3, 0.4) is 0 Å². The van der Waals surface area contributed by atoms with Crippen LogP contribution in [0.1, 0.15) is 31.2 Å². The molecule has 1 heterocycles. The van der Waals surface area contributed by atoms with Crippen LogP contribution in [-0.4, -0.2) is 36.0 Å². The van der Waals surface area contributed by atoms with Crippen LogP contribution in [0.25, 0.3) is 0 Å². The number of benzene rings is 1. The maximum atomic E-state index is 6.48. The van der Waals surface area contributed by atoms with Gasteiger partial charge in [-0.3, -0.25) is 0 Å². The zero-order valence-corrected chi connectivity index (χ0v) is 16.3. The Hall–Kier alpha value is -2.53. The van der Waals surface area contributed by atoms with Crippen molar-refractivity contribution in [2.24, 2.45) is 0 Å². The number of methoxy groups -OCH3 is 2. The van der Waals surface area contributed by atoms with Crippen molar-refractivity contribution in [1.82, 2.24) is 9.55 Å². The zero-order chi connectivity index (χ0) is 19.1.